The van der Waals surface area contributed by atoms with Gasteiger partial charge in [-0.1, -0.05) is 23.2 Å². The molecule has 0 fully saturated rings. The molecule has 2 aromatic rings. The molecule has 0 aromatic carbocycles. The Bertz CT molecular complexity index is 466. The van der Waals surface area contributed by atoms with E-state index in [4.69, 9.17) is 23.2 Å². The van der Waals surface area contributed by atoms with Crippen molar-refractivity contribution in [2.24, 2.45) is 7.05 Å². The molecule has 0 N–H and O–H groups in total. The Morgan fingerprint density at radius 1 is 1.29 bits per heavy atom. The van der Waals surface area contributed by atoms with Gasteiger partial charge in [0.15, 0.2) is 10.3 Å². The molecule has 0 aliphatic heterocycles. The molecule has 72 valence electrons. The fourth-order valence-corrected chi connectivity index (χ4v) is 1.46. The molecule has 0 atom stereocenters. The zero-order valence-corrected chi connectivity index (χ0v) is 8.79. The molecule has 2 aromatic heterocycles. The van der Waals surface area contributed by atoms with Crippen LogP contribution in [0.1, 0.15) is 0 Å². The minimum Gasteiger partial charge on any atom is -0.334 e. The van der Waals surface area contributed by atoms with E-state index in [1.165, 1.54) is 0 Å². The molecule has 0 saturated carbocycles. The van der Waals surface area contributed by atoms with Gasteiger partial charge in [0.05, 0.1) is 5.56 Å². The maximum absolute atomic E-state index is 5.87. The lowest BCUT2D eigenvalue weighted by Gasteiger charge is -2.02. The van der Waals surface area contributed by atoms with Gasteiger partial charge in [0.25, 0.3) is 0 Å². The molecular weight excluding hydrogens is 223 g/mol. The highest BCUT2D eigenvalue weighted by Gasteiger charge is 2.10. The third-order valence-corrected chi connectivity index (χ3v) is 2.25. The number of aryl methyl sites for hydroxylation is 1. The molecule has 0 unspecified atom stereocenters. The molecule has 0 aliphatic rings. The van der Waals surface area contributed by atoms with Crippen molar-refractivity contribution in [3.05, 3.63) is 28.8 Å². The van der Waals surface area contributed by atoms with Crippen molar-refractivity contribution >= 4 is 23.2 Å². The maximum atomic E-state index is 5.87. The van der Waals surface area contributed by atoms with Gasteiger partial charge in [0.1, 0.15) is 5.82 Å². The van der Waals surface area contributed by atoms with Gasteiger partial charge in [-0.3, -0.25) is 0 Å². The number of imidazole rings is 1. The Balaban J connectivity index is 2.62. The highest BCUT2D eigenvalue weighted by molar-refractivity contribution is 6.33. The SMILES string of the molecule is Cn1ccnc1-c1cc(Cl)nnc1Cl. The summed E-state index contributed by atoms with van der Waals surface area (Å²) >= 11 is 11.6. The number of halogens is 2. The zero-order chi connectivity index (χ0) is 10.1. The fourth-order valence-electron chi connectivity index (χ4n) is 1.14. The molecule has 0 radical (unpaired) electrons. The second-order valence-corrected chi connectivity index (χ2v) is 3.48. The molecule has 0 saturated heterocycles. The summed E-state index contributed by atoms with van der Waals surface area (Å²) in [6, 6.07) is 1.64. The molecular formula is C8H6Cl2N4. The first-order chi connectivity index (χ1) is 6.68. The molecule has 4 nitrogen and oxygen atoms in total. The Morgan fingerprint density at radius 2 is 2.07 bits per heavy atom. The average Bonchev–Trinajstić information content (AvgIpc) is 2.56. The predicted octanol–water partition coefficient (Wildman–Crippen LogP) is 2.18. The van der Waals surface area contributed by atoms with Crippen LogP contribution in [0.4, 0.5) is 0 Å². The second kappa shape index (κ2) is 3.55. The van der Waals surface area contributed by atoms with E-state index < -0.39 is 0 Å². The average molecular weight is 229 g/mol. The van der Waals surface area contributed by atoms with Crippen molar-refractivity contribution in [3.63, 3.8) is 0 Å². The van der Waals surface area contributed by atoms with Gasteiger partial charge in [-0.2, -0.15) is 0 Å². The quantitative estimate of drug-likeness (QED) is 0.752. The Hall–Kier alpha value is -1.13. The van der Waals surface area contributed by atoms with Crippen LogP contribution in [0.25, 0.3) is 11.4 Å². The number of nitrogens with zero attached hydrogens (tertiary/aromatic N) is 4. The lowest BCUT2D eigenvalue weighted by Crippen LogP contribution is -1.94. The minimum absolute atomic E-state index is 0.295. The molecule has 0 bridgehead atoms. The summed E-state index contributed by atoms with van der Waals surface area (Å²) in [7, 11) is 1.87. The van der Waals surface area contributed by atoms with Crippen molar-refractivity contribution in [1.29, 1.82) is 0 Å². The van der Waals surface area contributed by atoms with Crippen LogP contribution < -0.4 is 0 Å². The molecule has 6 heteroatoms. The van der Waals surface area contributed by atoms with Crippen LogP contribution in [0, 0.1) is 0 Å². The van der Waals surface area contributed by atoms with E-state index in [1.807, 2.05) is 17.8 Å². The molecule has 2 heterocycles. The zero-order valence-electron chi connectivity index (χ0n) is 7.28. The Kier molecular flexibility index (Phi) is 2.39. The van der Waals surface area contributed by atoms with Crippen LogP contribution in [0.2, 0.25) is 10.3 Å². The van der Waals surface area contributed by atoms with Crippen LogP contribution in [0.15, 0.2) is 18.5 Å². The summed E-state index contributed by atoms with van der Waals surface area (Å²) < 4.78 is 1.83. The lowest BCUT2D eigenvalue weighted by molar-refractivity contribution is 0.918. The highest BCUT2D eigenvalue weighted by atomic mass is 35.5. The smallest absolute Gasteiger partial charge is 0.162 e. The van der Waals surface area contributed by atoms with Crippen LogP contribution >= 0.6 is 23.2 Å². The van der Waals surface area contributed by atoms with Crippen molar-refractivity contribution in [2.75, 3.05) is 0 Å². The summed E-state index contributed by atoms with van der Waals surface area (Å²) in [5, 5.41) is 7.92. The first-order valence-corrected chi connectivity index (χ1v) is 4.60. The number of hydrogen-bond donors (Lipinski definition) is 0. The van der Waals surface area contributed by atoms with E-state index in [0.29, 0.717) is 21.7 Å². The van der Waals surface area contributed by atoms with Gasteiger partial charge in [-0.25, -0.2) is 4.98 Å². The summed E-state index contributed by atoms with van der Waals surface area (Å²) in [5.41, 5.74) is 0.680. The van der Waals surface area contributed by atoms with Crippen LogP contribution in [-0.2, 0) is 7.05 Å². The fraction of sp³-hybridized carbons (Fsp3) is 0.125. The van der Waals surface area contributed by atoms with Crippen molar-refractivity contribution in [3.8, 4) is 11.4 Å². The number of hydrogen-bond acceptors (Lipinski definition) is 3. The van der Waals surface area contributed by atoms with Gasteiger partial charge < -0.3 is 4.57 Å². The van der Waals surface area contributed by atoms with E-state index in [1.54, 1.807) is 12.3 Å². The monoisotopic (exact) mass is 228 g/mol. The summed E-state index contributed by atoms with van der Waals surface area (Å²) in [6.07, 6.45) is 3.50. The molecule has 0 aliphatic carbocycles. The second-order valence-electron chi connectivity index (χ2n) is 2.73. The van der Waals surface area contributed by atoms with Gasteiger partial charge in [-0.05, 0) is 6.07 Å². The van der Waals surface area contributed by atoms with E-state index in [0.717, 1.165) is 0 Å². The van der Waals surface area contributed by atoms with Gasteiger partial charge >= 0.3 is 0 Å². The van der Waals surface area contributed by atoms with Gasteiger partial charge in [0.2, 0.25) is 0 Å². The lowest BCUT2D eigenvalue weighted by atomic mass is 10.3. The molecule has 0 amide bonds. The molecule has 2 rings (SSSR count). The largest absolute Gasteiger partial charge is 0.334 e. The summed E-state index contributed by atoms with van der Waals surface area (Å²) in [5.74, 6) is 0.715. The van der Waals surface area contributed by atoms with Crippen LogP contribution in [0.3, 0.4) is 0 Å². The Labute approximate surface area is 90.5 Å². The minimum atomic E-state index is 0.295. The number of aromatic nitrogens is 4. The normalized spacial score (nSPS) is 10.5. The highest BCUT2D eigenvalue weighted by Crippen LogP contribution is 2.25. The topological polar surface area (TPSA) is 43.6 Å². The first-order valence-electron chi connectivity index (χ1n) is 3.85. The molecule has 14 heavy (non-hydrogen) atoms. The van der Waals surface area contributed by atoms with Gasteiger partial charge in [-0.15, -0.1) is 10.2 Å². The molecule has 0 spiro atoms. The van der Waals surface area contributed by atoms with Crippen molar-refractivity contribution < 1.29 is 0 Å². The first kappa shape index (κ1) is 9.43. The third-order valence-electron chi connectivity index (χ3n) is 1.78. The standard InChI is InChI=1S/C8H6Cl2N4/c1-14-3-2-11-8(14)5-4-6(9)12-13-7(5)10/h2-4H,1H3. The Morgan fingerprint density at radius 3 is 2.71 bits per heavy atom. The van der Waals surface area contributed by atoms with Crippen molar-refractivity contribution in [2.45, 2.75) is 0 Å². The van der Waals surface area contributed by atoms with Crippen molar-refractivity contribution in [1.82, 2.24) is 19.7 Å². The summed E-state index contributed by atoms with van der Waals surface area (Å²) in [4.78, 5) is 4.14. The van der Waals surface area contributed by atoms with E-state index >= 15 is 0 Å². The van der Waals surface area contributed by atoms with Crippen LogP contribution in [0.5, 0.6) is 0 Å². The van der Waals surface area contributed by atoms with E-state index in [2.05, 4.69) is 15.2 Å². The third kappa shape index (κ3) is 1.58. The van der Waals surface area contributed by atoms with E-state index in [-0.39, 0.29) is 0 Å². The van der Waals surface area contributed by atoms with Gasteiger partial charge in [0, 0.05) is 19.4 Å². The van der Waals surface area contributed by atoms with E-state index in [9.17, 15) is 0 Å². The van der Waals surface area contributed by atoms with Crippen LogP contribution in [-0.4, -0.2) is 19.7 Å². The predicted molar refractivity (Wildman–Crippen MR) is 54.3 cm³/mol. The maximum Gasteiger partial charge on any atom is 0.162 e. The summed E-state index contributed by atoms with van der Waals surface area (Å²) in [6.45, 7) is 0. The number of rotatable bonds is 1.